The highest BCUT2D eigenvalue weighted by Gasteiger charge is 2.30. The molecule has 0 bridgehead atoms. The van der Waals surface area contributed by atoms with Crippen LogP contribution in [-0.2, 0) is 25.3 Å². The summed E-state index contributed by atoms with van der Waals surface area (Å²) in [4.78, 5) is 36.4. The first-order chi connectivity index (χ1) is 14.6. The maximum absolute atomic E-state index is 13.1. The number of benzene rings is 2. The lowest BCUT2D eigenvalue weighted by atomic mass is 10.1. The van der Waals surface area contributed by atoms with Crippen LogP contribution < -0.4 is 10.6 Å². The van der Waals surface area contributed by atoms with Crippen LogP contribution in [0, 0.1) is 5.82 Å². The molecule has 0 aliphatic heterocycles. The summed E-state index contributed by atoms with van der Waals surface area (Å²) in [5.74, 6) is -2.86. The highest BCUT2D eigenvalue weighted by atomic mass is 19.4. The smallest absolute Gasteiger partial charge is 0.416 e. The summed E-state index contributed by atoms with van der Waals surface area (Å²) in [6.45, 7) is -0.820. The van der Waals surface area contributed by atoms with Crippen LogP contribution in [0.2, 0.25) is 0 Å². The molecule has 6 nitrogen and oxygen atoms in total. The van der Waals surface area contributed by atoms with Crippen molar-refractivity contribution in [3.8, 4) is 0 Å². The van der Waals surface area contributed by atoms with Crippen molar-refractivity contribution in [3.63, 3.8) is 0 Å². The van der Waals surface area contributed by atoms with E-state index in [1.807, 2.05) is 0 Å². The van der Waals surface area contributed by atoms with Crippen LogP contribution in [-0.4, -0.2) is 30.9 Å². The van der Waals surface area contributed by atoms with Crippen molar-refractivity contribution >= 4 is 29.5 Å². The zero-order chi connectivity index (χ0) is 23.0. The highest BCUT2D eigenvalue weighted by molar-refractivity contribution is 5.97. The van der Waals surface area contributed by atoms with E-state index < -0.39 is 41.9 Å². The number of amides is 2. The average molecular weight is 438 g/mol. The number of hydrogen-bond donors (Lipinski definition) is 1. The first-order valence-corrected chi connectivity index (χ1v) is 8.92. The number of primary amides is 1. The second-order valence-corrected chi connectivity index (χ2v) is 6.30. The Balaban J connectivity index is 2.01. The molecule has 0 radical (unpaired) electrons. The van der Waals surface area contributed by atoms with Gasteiger partial charge in [-0.05, 0) is 48.0 Å². The van der Waals surface area contributed by atoms with E-state index >= 15 is 0 Å². The summed E-state index contributed by atoms with van der Waals surface area (Å²) >= 11 is 0. The van der Waals surface area contributed by atoms with E-state index in [1.165, 1.54) is 24.3 Å². The number of nitrogens with two attached hydrogens (primary N) is 1. The van der Waals surface area contributed by atoms with Crippen molar-refractivity contribution in [1.82, 2.24) is 0 Å². The quantitative estimate of drug-likeness (QED) is 0.389. The van der Waals surface area contributed by atoms with Crippen LogP contribution >= 0.6 is 0 Å². The molecule has 164 valence electrons. The number of anilines is 1. The van der Waals surface area contributed by atoms with E-state index in [1.54, 1.807) is 0 Å². The normalized spacial score (nSPS) is 11.4. The van der Waals surface area contributed by atoms with Crippen molar-refractivity contribution in [2.45, 2.75) is 12.6 Å². The van der Waals surface area contributed by atoms with Gasteiger partial charge in [0.25, 0.3) is 5.91 Å². The molecule has 0 saturated heterocycles. The van der Waals surface area contributed by atoms with Gasteiger partial charge in [0, 0.05) is 24.7 Å². The molecule has 0 aliphatic rings. The number of rotatable bonds is 8. The minimum Gasteiger partial charge on any atom is -0.452 e. The molecule has 0 saturated carbocycles. The number of carbonyl (C=O) groups is 3. The van der Waals surface area contributed by atoms with Crippen LogP contribution in [0.3, 0.4) is 0 Å². The molecule has 0 atom stereocenters. The second kappa shape index (κ2) is 10.4. The minimum absolute atomic E-state index is 0.114. The molecule has 0 fully saturated rings. The molecule has 0 aliphatic carbocycles. The average Bonchev–Trinajstić information content (AvgIpc) is 2.71. The monoisotopic (exact) mass is 438 g/mol. The van der Waals surface area contributed by atoms with Crippen molar-refractivity contribution in [2.75, 3.05) is 18.1 Å². The molecular formula is C21H18F4N2O4. The minimum atomic E-state index is -4.52. The summed E-state index contributed by atoms with van der Waals surface area (Å²) < 4.78 is 56.1. The molecule has 2 aromatic carbocycles. The van der Waals surface area contributed by atoms with Gasteiger partial charge in [0.1, 0.15) is 5.82 Å². The number of halogens is 4. The summed E-state index contributed by atoms with van der Waals surface area (Å²) in [5, 5.41) is 0. The van der Waals surface area contributed by atoms with E-state index in [2.05, 4.69) is 0 Å². The van der Waals surface area contributed by atoms with E-state index in [-0.39, 0.29) is 24.2 Å². The Morgan fingerprint density at radius 2 is 1.74 bits per heavy atom. The van der Waals surface area contributed by atoms with E-state index in [0.717, 1.165) is 41.3 Å². The maximum Gasteiger partial charge on any atom is 0.416 e. The Morgan fingerprint density at radius 1 is 1.06 bits per heavy atom. The van der Waals surface area contributed by atoms with Gasteiger partial charge in [-0.1, -0.05) is 12.1 Å². The number of carbonyl (C=O) groups excluding carboxylic acids is 3. The van der Waals surface area contributed by atoms with Gasteiger partial charge < -0.3 is 15.4 Å². The molecule has 0 heterocycles. The SMILES string of the molecule is NC(=O)CCN(C(=O)COC(=O)/C=C/c1cccc(C(F)(F)F)c1)c1ccc(F)cc1. The van der Waals surface area contributed by atoms with E-state index in [0.29, 0.717) is 0 Å². The van der Waals surface area contributed by atoms with Crippen molar-refractivity contribution < 1.29 is 36.7 Å². The zero-order valence-corrected chi connectivity index (χ0v) is 16.1. The van der Waals surface area contributed by atoms with Crippen LogP contribution in [0.4, 0.5) is 23.2 Å². The molecule has 2 aromatic rings. The van der Waals surface area contributed by atoms with Gasteiger partial charge in [0.2, 0.25) is 5.91 Å². The Morgan fingerprint density at radius 3 is 2.35 bits per heavy atom. The lowest BCUT2D eigenvalue weighted by Gasteiger charge is -2.22. The Hall–Kier alpha value is -3.69. The number of nitrogens with zero attached hydrogens (tertiary/aromatic N) is 1. The van der Waals surface area contributed by atoms with Crippen molar-refractivity contribution in [1.29, 1.82) is 0 Å². The highest BCUT2D eigenvalue weighted by Crippen LogP contribution is 2.29. The summed E-state index contributed by atoms with van der Waals surface area (Å²) in [5.41, 5.74) is 4.61. The van der Waals surface area contributed by atoms with Crippen molar-refractivity contribution in [3.05, 3.63) is 71.6 Å². The molecular weight excluding hydrogens is 420 g/mol. The molecule has 0 unspecified atom stereocenters. The van der Waals surface area contributed by atoms with Crippen LogP contribution in [0.1, 0.15) is 17.5 Å². The lowest BCUT2D eigenvalue weighted by molar-refractivity contribution is -0.143. The number of alkyl halides is 3. The fourth-order valence-corrected chi connectivity index (χ4v) is 2.48. The van der Waals surface area contributed by atoms with Crippen LogP contribution in [0.25, 0.3) is 6.08 Å². The summed E-state index contributed by atoms with van der Waals surface area (Å²) in [6.07, 6.45) is -2.70. The largest absolute Gasteiger partial charge is 0.452 e. The summed E-state index contributed by atoms with van der Waals surface area (Å²) in [7, 11) is 0. The summed E-state index contributed by atoms with van der Waals surface area (Å²) in [6, 6.07) is 9.15. The maximum atomic E-state index is 13.1. The predicted octanol–water partition coefficient (Wildman–Crippen LogP) is 3.31. The molecule has 10 heteroatoms. The Labute approximate surface area is 174 Å². The molecule has 2 N–H and O–H groups in total. The number of hydrogen-bond acceptors (Lipinski definition) is 4. The third-order valence-corrected chi connectivity index (χ3v) is 3.98. The fraction of sp³-hybridized carbons (Fsp3) is 0.190. The van der Waals surface area contributed by atoms with Gasteiger partial charge in [-0.15, -0.1) is 0 Å². The molecule has 2 rings (SSSR count). The van der Waals surface area contributed by atoms with Gasteiger partial charge in [0.05, 0.1) is 5.56 Å². The van der Waals surface area contributed by atoms with Crippen LogP contribution in [0.15, 0.2) is 54.6 Å². The first-order valence-electron chi connectivity index (χ1n) is 8.92. The van der Waals surface area contributed by atoms with E-state index in [4.69, 9.17) is 10.5 Å². The first kappa shape index (κ1) is 23.6. The van der Waals surface area contributed by atoms with Gasteiger partial charge in [0.15, 0.2) is 6.61 Å². The van der Waals surface area contributed by atoms with Gasteiger partial charge in [-0.2, -0.15) is 13.2 Å². The third kappa shape index (κ3) is 7.57. The standard InChI is InChI=1S/C21H18F4N2O4/c22-16-5-7-17(8-6-16)27(11-10-18(26)28)19(29)13-31-20(30)9-4-14-2-1-3-15(12-14)21(23,24)25/h1-9,12H,10-11,13H2,(H2,26,28)/b9-4+. The van der Waals surface area contributed by atoms with Crippen molar-refractivity contribution in [2.24, 2.45) is 5.73 Å². The predicted molar refractivity (Wildman–Crippen MR) is 104 cm³/mol. The van der Waals surface area contributed by atoms with Gasteiger partial charge >= 0.3 is 12.1 Å². The fourth-order valence-electron chi connectivity index (χ4n) is 2.48. The second-order valence-electron chi connectivity index (χ2n) is 6.30. The van der Waals surface area contributed by atoms with Gasteiger partial charge in [-0.3, -0.25) is 9.59 Å². The lowest BCUT2D eigenvalue weighted by Crippen LogP contribution is -2.37. The third-order valence-electron chi connectivity index (χ3n) is 3.98. The van der Waals surface area contributed by atoms with Gasteiger partial charge in [-0.25, -0.2) is 9.18 Å². The molecule has 0 spiro atoms. The molecule has 0 aromatic heterocycles. The Kier molecular flexibility index (Phi) is 7.89. The molecule has 2 amide bonds. The van der Waals surface area contributed by atoms with Crippen LogP contribution in [0.5, 0.6) is 0 Å². The topological polar surface area (TPSA) is 89.7 Å². The number of ether oxygens (including phenoxy) is 1. The zero-order valence-electron chi connectivity index (χ0n) is 16.1. The number of esters is 1. The molecule has 31 heavy (non-hydrogen) atoms. The Bertz CT molecular complexity index is 972. The van der Waals surface area contributed by atoms with E-state index in [9.17, 15) is 31.9 Å².